The Labute approximate surface area is 247 Å². The van der Waals surface area contributed by atoms with Crippen LogP contribution in [-0.4, -0.2) is 48.4 Å². The molecule has 0 bridgehead atoms. The number of rotatable bonds is 9. The van der Waals surface area contributed by atoms with E-state index in [0.29, 0.717) is 74.7 Å². The number of piperidine rings is 1. The maximum absolute atomic E-state index is 15.0. The molecular weight excluding hydrogens is 539 g/mol. The first-order valence-electron chi connectivity index (χ1n) is 14.5. The molecule has 1 saturated heterocycles. The van der Waals surface area contributed by atoms with Gasteiger partial charge in [-0.05, 0) is 61.6 Å². The number of benzene rings is 3. The summed E-state index contributed by atoms with van der Waals surface area (Å²) in [5.74, 6) is 0.450. The average Bonchev–Trinajstić information content (AvgIpc) is 3.49. The molecule has 41 heavy (non-hydrogen) atoms. The van der Waals surface area contributed by atoms with Gasteiger partial charge in [0.05, 0.1) is 12.0 Å². The quantitative estimate of drug-likeness (QED) is 0.275. The highest BCUT2D eigenvalue weighted by Crippen LogP contribution is 2.45. The number of hydrogen-bond donors (Lipinski definition) is 0. The van der Waals surface area contributed by atoms with E-state index in [1.54, 1.807) is 29.2 Å². The van der Waals surface area contributed by atoms with Crippen LogP contribution in [0.25, 0.3) is 0 Å². The van der Waals surface area contributed by atoms with E-state index in [9.17, 15) is 14.0 Å². The zero-order valence-electron chi connectivity index (χ0n) is 23.7. The fourth-order valence-corrected chi connectivity index (χ4v) is 6.58. The third-order valence-corrected chi connectivity index (χ3v) is 9.19. The van der Waals surface area contributed by atoms with Crippen LogP contribution in [0.2, 0.25) is 5.02 Å². The van der Waals surface area contributed by atoms with E-state index in [0.717, 1.165) is 18.4 Å². The predicted molar refractivity (Wildman–Crippen MR) is 159 cm³/mol. The van der Waals surface area contributed by atoms with Crippen molar-refractivity contribution in [2.45, 2.75) is 56.9 Å². The van der Waals surface area contributed by atoms with Crippen molar-refractivity contribution in [2.75, 3.05) is 26.7 Å². The summed E-state index contributed by atoms with van der Waals surface area (Å²) in [6.45, 7) is 1.91. The van der Waals surface area contributed by atoms with Crippen molar-refractivity contribution in [3.63, 3.8) is 0 Å². The van der Waals surface area contributed by atoms with E-state index >= 15 is 0 Å². The SMILES string of the molecule is CN(Cc1ccccc1)C(=O)CC1(COc2ccc(Cl)cc2)CCN(C(=O)C2(c3ccccc3F)CCCC2)CC1. The molecule has 0 aromatic heterocycles. The van der Waals surface area contributed by atoms with Crippen LogP contribution in [0.3, 0.4) is 0 Å². The lowest BCUT2D eigenvalue weighted by atomic mass is 9.73. The van der Waals surface area contributed by atoms with Crippen LogP contribution in [-0.2, 0) is 21.5 Å². The summed E-state index contributed by atoms with van der Waals surface area (Å²) in [6, 6.07) is 23.9. The second-order valence-electron chi connectivity index (χ2n) is 11.7. The summed E-state index contributed by atoms with van der Waals surface area (Å²) >= 11 is 6.06. The molecule has 3 aromatic rings. The van der Waals surface area contributed by atoms with E-state index in [4.69, 9.17) is 16.3 Å². The summed E-state index contributed by atoms with van der Waals surface area (Å²) in [6.07, 6.45) is 4.73. The van der Waals surface area contributed by atoms with Crippen molar-refractivity contribution < 1.29 is 18.7 Å². The van der Waals surface area contributed by atoms with Crippen LogP contribution in [0, 0.1) is 11.2 Å². The van der Waals surface area contributed by atoms with Crippen molar-refractivity contribution in [3.8, 4) is 5.75 Å². The Balaban J connectivity index is 1.32. The molecule has 5 rings (SSSR count). The number of halogens is 2. The Hall–Kier alpha value is -3.38. The lowest BCUT2D eigenvalue weighted by Crippen LogP contribution is -2.52. The van der Waals surface area contributed by atoms with E-state index in [1.165, 1.54) is 6.07 Å². The van der Waals surface area contributed by atoms with Gasteiger partial charge in [-0.3, -0.25) is 9.59 Å². The second-order valence-corrected chi connectivity index (χ2v) is 12.2. The number of carbonyl (C=O) groups excluding carboxylic acids is 2. The number of ether oxygens (including phenoxy) is 1. The topological polar surface area (TPSA) is 49.9 Å². The predicted octanol–water partition coefficient (Wildman–Crippen LogP) is 7.03. The number of likely N-dealkylation sites (tertiary alicyclic amines) is 1. The monoisotopic (exact) mass is 576 g/mol. The van der Waals surface area contributed by atoms with Gasteiger partial charge in [-0.25, -0.2) is 4.39 Å². The van der Waals surface area contributed by atoms with Gasteiger partial charge in [0, 0.05) is 49.1 Å². The highest BCUT2D eigenvalue weighted by Gasteiger charge is 2.48. The maximum Gasteiger partial charge on any atom is 0.233 e. The molecule has 0 unspecified atom stereocenters. The zero-order valence-corrected chi connectivity index (χ0v) is 24.4. The molecular formula is C34H38ClFN2O3. The molecule has 2 aliphatic rings. The third-order valence-electron chi connectivity index (χ3n) is 8.94. The van der Waals surface area contributed by atoms with E-state index < -0.39 is 10.8 Å². The van der Waals surface area contributed by atoms with Gasteiger partial charge in [-0.1, -0.05) is 73.0 Å². The number of hydrogen-bond acceptors (Lipinski definition) is 3. The molecule has 7 heteroatoms. The van der Waals surface area contributed by atoms with Crippen molar-refractivity contribution in [1.29, 1.82) is 0 Å². The zero-order chi connectivity index (χ0) is 28.9. The average molecular weight is 577 g/mol. The minimum absolute atomic E-state index is 0.0137. The summed E-state index contributed by atoms with van der Waals surface area (Å²) in [7, 11) is 1.83. The van der Waals surface area contributed by atoms with Crippen LogP contribution in [0.5, 0.6) is 5.75 Å². The lowest BCUT2D eigenvalue weighted by molar-refractivity contribution is -0.142. The number of amides is 2. The minimum atomic E-state index is -0.809. The normalized spacial score (nSPS) is 17.7. The Morgan fingerprint density at radius 1 is 0.902 bits per heavy atom. The van der Waals surface area contributed by atoms with Crippen molar-refractivity contribution in [1.82, 2.24) is 9.80 Å². The molecule has 2 amide bonds. The van der Waals surface area contributed by atoms with Crippen LogP contribution in [0.15, 0.2) is 78.9 Å². The molecule has 2 fully saturated rings. The van der Waals surface area contributed by atoms with Crippen LogP contribution < -0.4 is 4.74 Å². The van der Waals surface area contributed by atoms with E-state index in [2.05, 4.69) is 0 Å². The van der Waals surface area contributed by atoms with Gasteiger partial charge in [-0.15, -0.1) is 0 Å². The molecule has 1 heterocycles. The highest BCUT2D eigenvalue weighted by molar-refractivity contribution is 6.30. The molecule has 1 aliphatic carbocycles. The number of carbonyl (C=O) groups is 2. The molecule has 0 spiro atoms. The maximum atomic E-state index is 15.0. The molecule has 1 saturated carbocycles. The molecule has 216 valence electrons. The lowest BCUT2D eigenvalue weighted by Gasteiger charge is -2.44. The van der Waals surface area contributed by atoms with Gasteiger partial charge in [0.1, 0.15) is 11.6 Å². The van der Waals surface area contributed by atoms with Gasteiger partial charge >= 0.3 is 0 Å². The molecule has 0 radical (unpaired) electrons. The first-order valence-corrected chi connectivity index (χ1v) is 14.9. The molecule has 0 atom stereocenters. The highest BCUT2D eigenvalue weighted by atomic mass is 35.5. The second kappa shape index (κ2) is 12.6. The van der Waals surface area contributed by atoms with Gasteiger partial charge in [0.25, 0.3) is 0 Å². The molecule has 1 aliphatic heterocycles. The molecule has 3 aromatic carbocycles. The summed E-state index contributed by atoms with van der Waals surface area (Å²) in [4.78, 5) is 31.2. The minimum Gasteiger partial charge on any atom is -0.493 e. The third kappa shape index (κ3) is 6.59. The fraction of sp³-hybridized carbons (Fsp3) is 0.412. The smallest absolute Gasteiger partial charge is 0.233 e. The van der Waals surface area contributed by atoms with Gasteiger partial charge in [0.15, 0.2) is 0 Å². The van der Waals surface area contributed by atoms with E-state index in [-0.39, 0.29) is 17.6 Å². The molecule has 5 nitrogen and oxygen atoms in total. The Kier molecular flexibility index (Phi) is 8.98. The first-order chi connectivity index (χ1) is 19.8. The van der Waals surface area contributed by atoms with Gasteiger partial charge in [-0.2, -0.15) is 0 Å². The summed E-state index contributed by atoms with van der Waals surface area (Å²) in [5.41, 5.74) is 0.351. The van der Waals surface area contributed by atoms with Gasteiger partial charge in [0.2, 0.25) is 11.8 Å². The Morgan fingerprint density at radius 2 is 1.54 bits per heavy atom. The Morgan fingerprint density at radius 3 is 2.20 bits per heavy atom. The van der Waals surface area contributed by atoms with Crippen molar-refractivity contribution in [3.05, 3.63) is 101 Å². The van der Waals surface area contributed by atoms with Crippen LogP contribution in [0.4, 0.5) is 4.39 Å². The van der Waals surface area contributed by atoms with E-state index in [1.807, 2.05) is 60.5 Å². The van der Waals surface area contributed by atoms with Crippen LogP contribution >= 0.6 is 11.6 Å². The molecule has 0 N–H and O–H groups in total. The fourth-order valence-electron chi connectivity index (χ4n) is 6.45. The Bertz CT molecular complexity index is 1330. The van der Waals surface area contributed by atoms with Crippen molar-refractivity contribution >= 4 is 23.4 Å². The number of nitrogens with zero attached hydrogens (tertiary/aromatic N) is 2. The van der Waals surface area contributed by atoms with Gasteiger partial charge < -0.3 is 14.5 Å². The van der Waals surface area contributed by atoms with Crippen molar-refractivity contribution in [2.24, 2.45) is 5.41 Å². The standard InChI is InChI=1S/C34H38ClFN2O3/c1-37(24-26-9-3-2-4-10-26)31(39)23-33(25-41-28-15-13-27(35)14-16-28)19-21-38(22-20-33)32(40)34(17-7-8-18-34)29-11-5-6-12-30(29)36/h2-6,9-16H,7-8,17-25H2,1H3. The first kappa shape index (κ1) is 29.1. The van der Waals surface area contributed by atoms with Crippen LogP contribution in [0.1, 0.15) is 56.1 Å². The summed E-state index contributed by atoms with van der Waals surface area (Å²) in [5, 5.41) is 0.632. The summed E-state index contributed by atoms with van der Waals surface area (Å²) < 4.78 is 21.2. The largest absolute Gasteiger partial charge is 0.493 e.